The van der Waals surface area contributed by atoms with E-state index in [1.807, 2.05) is 0 Å². The summed E-state index contributed by atoms with van der Waals surface area (Å²) in [6.07, 6.45) is 12.7. The fraction of sp³-hybridized carbons (Fsp3) is 0.923. The first-order valence-corrected chi connectivity index (χ1v) is 8.45. The van der Waals surface area contributed by atoms with Gasteiger partial charge in [0.25, 0.3) is 0 Å². The summed E-state index contributed by atoms with van der Waals surface area (Å²) in [5.41, 5.74) is 0. The van der Waals surface area contributed by atoms with E-state index in [1.165, 1.54) is 51.4 Å². The molecule has 1 atom stereocenters. The lowest BCUT2D eigenvalue weighted by Crippen LogP contribution is -2.17. The number of carboxylic acid groups (broad SMARTS) is 1. The van der Waals surface area contributed by atoms with Crippen molar-refractivity contribution in [1.82, 2.24) is 0 Å². The molecule has 2 nitrogen and oxygen atoms in total. The molecule has 0 fully saturated rings. The van der Waals surface area contributed by atoms with Gasteiger partial charge in [-0.15, -0.1) is 0 Å². The van der Waals surface area contributed by atoms with Crippen LogP contribution in [0.25, 0.3) is 0 Å². The fourth-order valence-corrected chi connectivity index (χ4v) is 3.03. The molecule has 0 radical (unpaired) electrons. The van der Waals surface area contributed by atoms with E-state index >= 15 is 0 Å². The second kappa shape index (κ2) is 11.3. The van der Waals surface area contributed by atoms with Gasteiger partial charge in [0.15, 0.2) is 0 Å². The van der Waals surface area contributed by atoms with Gasteiger partial charge < -0.3 is 5.11 Å². The van der Waals surface area contributed by atoms with Crippen LogP contribution in [-0.2, 0) is 15.7 Å². The number of unbranched alkanes of at least 4 members (excludes halogenated alkanes) is 7. The summed E-state index contributed by atoms with van der Waals surface area (Å²) < 4.78 is 0. The van der Waals surface area contributed by atoms with Gasteiger partial charge in [-0.25, -0.2) is 4.79 Å². The van der Waals surface area contributed by atoms with Crippen LogP contribution in [0.3, 0.4) is 0 Å². The maximum atomic E-state index is 10.5. The number of hydrogen-bond acceptors (Lipinski definition) is 1. The van der Waals surface area contributed by atoms with Crippen molar-refractivity contribution < 1.29 is 9.90 Å². The number of rotatable bonds is 11. The van der Waals surface area contributed by atoms with Gasteiger partial charge in [-0.3, -0.25) is 0 Å². The number of aliphatic carboxylic acids is 1. The molecule has 1 unspecified atom stereocenters. The smallest absolute Gasteiger partial charge is 0.353 e. The zero-order valence-electron chi connectivity index (χ0n) is 10.8. The summed E-state index contributed by atoms with van der Waals surface area (Å²) in [4.78, 5) is 10.5. The molecule has 0 saturated heterocycles. The molecule has 0 aliphatic carbocycles. The predicted octanol–water partition coefficient (Wildman–Crippen LogP) is 3.46. The Morgan fingerprint density at radius 3 is 2.00 bits per heavy atom. The minimum absolute atomic E-state index is 0.0901. The molecule has 0 aromatic heterocycles. The molecule has 0 aromatic rings. The van der Waals surface area contributed by atoms with Crippen molar-refractivity contribution in [2.24, 2.45) is 0 Å². The van der Waals surface area contributed by atoms with Crippen LogP contribution in [0.1, 0.15) is 58.3 Å². The molecule has 96 valence electrons. The van der Waals surface area contributed by atoms with Gasteiger partial charge in [0.05, 0.1) is 6.26 Å². The van der Waals surface area contributed by atoms with E-state index in [0.717, 1.165) is 5.75 Å². The first-order valence-electron chi connectivity index (χ1n) is 6.47. The molecule has 0 heterocycles. The summed E-state index contributed by atoms with van der Waals surface area (Å²) in [5, 5.41) is 8.61. The second-order valence-corrected chi connectivity index (χ2v) is 6.76. The summed E-state index contributed by atoms with van der Waals surface area (Å²) in [6.45, 7) is 2.24. The molecular formula is C13H27O2S+. The van der Waals surface area contributed by atoms with E-state index in [0.29, 0.717) is 5.75 Å². The van der Waals surface area contributed by atoms with Gasteiger partial charge in [-0.2, -0.15) is 0 Å². The van der Waals surface area contributed by atoms with Gasteiger partial charge >= 0.3 is 5.97 Å². The summed E-state index contributed by atoms with van der Waals surface area (Å²) in [5.74, 6) is 0.808. The molecule has 16 heavy (non-hydrogen) atoms. The predicted molar refractivity (Wildman–Crippen MR) is 73.3 cm³/mol. The Kier molecular flexibility index (Phi) is 11.2. The molecule has 0 saturated carbocycles. The van der Waals surface area contributed by atoms with E-state index in [2.05, 4.69) is 13.2 Å². The zero-order chi connectivity index (χ0) is 12.2. The highest BCUT2D eigenvalue weighted by Crippen LogP contribution is 2.09. The van der Waals surface area contributed by atoms with E-state index in [-0.39, 0.29) is 10.9 Å². The van der Waals surface area contributed by atoms with Crippen LogP contribution in [0.4, 0.5) is 0 Å². The first kappa shape index (κ1) is 15.8. The highest BCUT2D eigenvalue weighted by Gasteiger charge is 2.14. The molecule has 0 amide bonds. The van der Waals surface area contributed by atoms with Crippen LogP contribution < -0.4 is 0 Å². The van der Waals surface area contributed by atoms with Crippen LogP contribution in [0.2, 0.25) is 0 Å². The largest absolute Gasteiger partial charge is 0.478 e. The van der Waals surface area contributed by atoms with Crippen molar-refractivity contribution in [3.05, 3.63) is 0 Å². The van der Waals surface area contributed by atoms with Crippen molar-refractivity contribution in [3.63, 3.8) is 0 Å². The van der Waals surface area contributed by atoms with Crippen molar-refractivity contribution in [3.8, 4) is 0 Å². The standard InChI is InChI=1S/C13H26O2S/c1-3-4-5-6-7-8-9-10-11-16(2)12-13(14)15/h3-12H2,1-2H3/p+1. The summed E-state index contributed by atoms with van der Waals surface area (Å²) in [6, 6.07) is 0. The minimum atomic E-state index is -0.648. The third-order valence-corrected chi connectivity index (χ3v) is 4.44. The van der Waals surface area contributed by atoms with E-state index < -0.39 is 5.97 Å². The van der Waals surface area contributed by atoms with Gasteiger partial charge in [-0.05, 0) is 23.7 Å². The van der Waals surface area contributed by atoms with Crippen molar-refractivity contribution in [1.29, 1.82) is 0 Å². The Morgan fingerprint density at radius 2 is 1.50 bits per heavy atom. The van der Waals surface area contributed by atoms with Crippen LogP contribution in [0.5, 0.6) is 0 Å². The Labute approximate surface area is 103 Å². The lowest BCUT2D eigenvalue weighted by Gasteiger charge is -2.02. The van der Waals surface area contributed by atoms with Crippen molar-refractivity contribution in [2.75, 3.05) is 17.8 Å². The zero-order valence-corrected chi connectivity index (χ0v) is 11.7. The lowest BCUT2D eigenvalue weighted by atomic mass is 10.1. The molecular weight excluding hydrogens is 220 g/mol. The second-order valence-electron chi connectivity index (χ2n) is 4.50. The number of hydrogen-bond donors (Lipinski definition) is 1. The highest BCUT2D eigenvalue weighted by molar-refractivity contribution is 7.96. The SMILES string of the molecule is CCCCCCCCCC[S+](C)CC(=O)O. The van der Waals surface area contributed by atoms with Crippen LogP contribution in [0, 0.1) is 0 Å². The molecule has 3 heteroatoms. The van der Waals surface area contributed by atoms with Crippen LogP contribution in [0.15, 0.2) is 0 Å². The van der Waals surface area contributed by atoms with Crippen molar-refractivity contribution in [2.45, 2.75) is 58.3 Å². The van der Waals surface area contributed by atoms with Gasteiger partial charge in [0.1, 0.15) is 5.75 Å². The van der Waals surface area contributed by atoms with Crippen LogP contribution >= 0.6 is 0 Å². The van der Waals surface area contributed by atoms with E-state index in [4.69, 9.17) is 5.11 Å². The van der Waals surface area contributed by atoms with Crippen LogP contribution in [-0.4, -0.2) is 28.8 Å². The summed E-state index contributed by atoms with van der Waals surface area (Å²) >= 11 is 0. The minimum Gasteiger partial charge on any atom is -0.478 e. The Morgan fingerprint density at radius 1 is 1.00 bits per heavy atom. The van der Waals surface area contributed by atoms with Gasteiger partial charge in [0, 0.05) is 0 Å². The molecule has 0 aromatic carbocycles. The first-order chi connectivity index (χ1) is 7.66. The van der Waals surface area contributed by atoms with Crippen molar-refractivity contribution >= 4 is 16.9 Å². The highest BCUT2D eigenvalue weighted by atomic mass is 32.2. The van der Waals surface area contributed by atoms with Gasteiger partial charge in [0.2, 0.25) is 5.75 Å². The van der Waals surface area contributed by atoms with Gasteiger partial charge in [-0.1, -0.05) is 45.4 Å². The third-order valence-electron chi connectivity index (χ3n) is 2.72. The number of carboxylic acids is 1. The quantitative estimate of drug-likeness (QED) is 0.448. The lowest BCUT2D eigenvalue weighted by molar-refractivity contribution is -0.133. The maximum absolute atomic E-state index is 10.5. The molecule has 1 N–H and O–H groups in total. The number of carbonyl (C=O) groups is 1. The average Bonchev–Trinajstić information content (AvgIpc) is 2.21. The Bertz CT molecular complexity index is 171. The maximum Gasteiger partial charge on any atom is 0.353 e. The summed E-state index contributed by atoms with van der Waals surface area (Å²) in [7, 11) is 0.0901. The fourth-order valence-electron chi connectivity index (χ4n) is 1.77. The molecule has 0 spiro atoms. The van der Waals surface area contributed by atoms with E-state index in [1.54, 1.807) is 0 Å². The molecule has 0 aliphatic heterocycles. The third kappa shape index (κ3) is 11.9. The molecule has 0 rings (SSSR count). The monoisotopic (exact) mass is 247 g/mol. The topological polar surface area (TPSA) is 37.3 Å². The normalized spacial score (nSPS) is 12.6. The molecule has 0 aliphatic rings. The Hall–Kier alpha value is -0.180. The van der Waals surface area contributed by atoms with E-state index in [9.17, 15) is 4.79 Å². The molecule has 0 bridgehead atoms. The average molecular weight is 247 g/mol. The Balaban J connectivity index is 3.11.